The van der Waals surface area contributed by atoms with Crippen LogP contribution >= 0.6 is 57.1 Å². The van der Waals surface area contributed by atoms with E-state index in [0.29, 0.717) is 27.0 Å². The fourth-order valence-corrected chi connectivity index (χ4v) is 4.66. The molecule has 3 rings (SSSR count). The van der Waals surface area contributed by atoms with E-state index >= 15 is 0 Å². The molecule has 0 aliphatic heterocycles. The van der Waals surface area contributed by atoms with Gasteiger partial charge in [-0.15, -0.1) is 11.3 Å². The minimum absolute atomic E-state index is 0.237. The third-order valence-corrected chi connectivity index (χ3v) is 6.56. The Morgan fingerprint density at radius 2 is 1.92 bits per heavy atom. The third kappa shape index (κ3) is 3.91. The predicted molar refractivity (Wildman–Crippen MR) is 117 cm³/mol. The van der Waals surface area contributed by atoms with Gasteiger partial charge in [-0.2, -0.15) is 4.99 Å². The highest BCUT2D eigenvalue weighted by atomic mass is 127. The van der Waals surface area contributed by atoms with E-state index < -0.39 is 0 Å². The minimum atomic E-state index is -0.237. The van der Waals surface area contributed by atoms with Gasteiger partial charge in [0.25, 0.3) is 5.91 Å². The van der Waals surface area contributed by atoms with Crippen molar-refractivity contribution in [2.45, 2.75) is 20.4 Å². The van der Waals surface area contributed by atoms with Crippen molar-refractivity contribution < 1.29 is 4.79 Å². The molecule has 0 aliphatic carbocycles. The molecule has 0 spiro atoms. The molecule has 3 nitrogen and oxygen atoms in total. The molecule has 0 radical (unpaired) electrons. The Labute approximate surface area is 179 Å². The molecule has 1 amide bonds. The van der Waals surface area contributed by atoms with Crippen LogP contribution in [-0.2, 0) is 6.54 Å². The van der Waals surface area contributed by atoms with Gasteiger partial charge in [0.05, 0.1) is 21.3 Å². The summed E-state index contributed by atoms with van der Waals surface area (Å²) in [6, 6.07) is 13.0. The summed E-state index contributed by atoms with van der Waals surface area (Å²) < 4.78 is 2.92. The Balaban J connectivity index is 2.14. The third-order valence-electron chi connectivity index (χ3n) is 3.89. The van der Waals surface area contributed by atoms with Gasteiger partial charge in [0.2, 0.25) is 0 Å². The van der Waals surface area contributed by atoms with Crippen molar-refractivity contribution in [2.24, 2.45) is 4.99 Å². The van der Waals surface area contributed by atoms with E-state index in [0.717, 1.165) is 19.7 Å². The summed E-state index contributed by atoms with van der Waals surface area (Å²) in [5.74, 6) is -0.237. The fourth-order valence-electron chi connectivity index (χ4n) is 2.69. The Hall–Kier alpha value is -1.15. The lowest BCUT2D eigenvalue weighted by Crippen LogP contribution is -2.17. The van der Waals surface area contributed by atoms with E-state index in [-0.39, 0.29) is 5.91 Å². The molecule has 1 aromatic heterocycles. The standard InChI is InChI=1S/C19H15Cl2IN2OS/c1-3-24-17(12-8-9-14(20)15(21)10-12)11(2)26-19(24)23-18(25)13-6-4-5-7-16(13)22/h4-10H,3H2,1-2H3. The number of aromatic nitrogens is 1. The van der Waals surface area contributed by atoms with E-state index in [9.17, 15) is 4.79 Å². The summed E-state index contributed by atoms with van der Waals surface area (Å²) in [4.78, 5) is 18.8. The zero-order valence-electron chi connectivity index (χ0n) is 14.1. The first kappa shape index (κ1) is 19.6. The van der Waals surface area contributed by atoms with Gasteiger partial charge in [-0.3, -0.25) is 4.79 Å². The van der Waals surface area contributed by atoms with Crippen LogP contribution in [0.1, 0.15) is 22.2 Å². The van der Waals surface area contributed by atoms with E-state index in [1.807, 2.05) is 48.7 Å². The van der Waals surface area contributed by atoms with Crippen LogP contribution in [0.15, 0.2) is 47.5 Å². The largest absolute Gasteiger partial charge is 0.316 e. The summed E-state index contributed by atoms with van der Waals surface area (Å²) in [5, 5.41) is 1.02. The van der Waals surface area contributed by atoms with Gasteiger partial charge in [0, 0.05) is 20.6 Å². The van der Waals surface area contributed by atoms with Crippen LogP contribution in [0.4, 0.5) is 0 Å². The number of aryl methyl sites for hydroxylation is 1. The number of carbonyl (C=O) groups excluding carboxylic acids is 1. The van der Waals surface area contributed by atoms with Crippen LogP contribution in [0.5, 0.6) is 0 Å². The lowest BCUT2D eigenvalue weighted by Gasteiger charge is -2.08. The second-order valence-electron chi connectivity index (χ2n) is 5.56. The highest BCUT2D eigenvalue weighted by Gasteiger charge is 2.15. The van der Waals surface area contributed by atoms with Gasteiger partial charge in [0.15, 0.2) is 4.80 Å². The summed E-state index contributed by atoms with van der Waals surface area (Å²) >= 11 is 15.9. The number of halogens is 3. The zero-order valence-corrected chi connectivity index (χ0v) is 18.6. The average molecular weight is 517 g/mol. The first-order chi connectivity index (χ1) is 12.4. The van der Waals surface area contributed by atoms with E-state index in [1.54, 1.807) is 12.1 Å². The second-order valence-corrected chi connectivity index (χ2v) is 8.72. The molecule has 2 aromatic carbocycles. The highest BCUT2D eigenvalue weighted by Crippen LogP contribution is 2.31. The first-order valence-corrected chi connectivity index (χ1v) is 10.6. The minimum Gasteiger partial charge on any atom is -0.316 e. The summed E-state index contributed by atoms with van der Waals surface area (Å²) in [6.45, 7) is 4.74. The maximum Gasteiger partial charge on any atom is 0.280 e. The maximum atomic E-state index is 12.6. The molecule has 3 aromatic rings. The van der Waals surface area contributed by atoms with E-state index in [2.05, 4.69) is 27.6 Å². The van der Waals surface area contributed by atoms with Crippen molar-refractivity contribution in [1.82, 2.24) is 4.57 Å². The van der Waals surface area contributed by atoms with Crippen molar-refractivity contribution in [3.05, 3.63) is 71.3 Å². The molecule has 0 fully saturated rings. The molecule has 0 bridgehead atoms. The predicted octanol–water partition coefficient (Wildman–Crippen LogP) is 6.20. The SMILES string of the molecule is CCn1c(-c2ccc(Cl)c(Cl)c2)c(C)sc1=NC(=O)c1ccccc1I. The topological polar surface area (TPSA) is 34.4 Å². The van der Waals surface area contributed by atoms with Crippen molar-refractivity contribution in [3.63, 3.8) is 0 Å². The Kier molecular flexibility index (Phi) is 6.22. The quantitative estimate of drug-likeness (QED) is 0.382. The van der Waals surface area contributed by atoms with Crippen LogP contribution in [0.3, 0.4) is 0 Å². The number of amides is 1. The smallest absolute Gasteiger partial charge is 0.280 e. The fraction of sp³-hybridized carbons (Fsp3) is 0.158. The molecule has 1 heterocycles. The lowest BCUT2D eigenvalue weighted by molar-refractivity contribution is 0.0997. The molecule has 26 heavy (non-hydrogen) atoms. The Morgan fingerprint density at radius 3 is 2.58 bits per heavy atom. The normalized spacial score (nSPS) is 11.8. The molecule has 0 saturated carbocycles. The molecule has 0 N–H and O–H groups in total. The summed E-state index contributed by atoms with van der Waals surface area (Å²) in [6.07, 6.45) is 0. The lowest BCUT2D eigenvalue weighted by atomic mass is 10.1. The maximum absolute atomic E-state index is 12.6. The second kappa shape index (κ2) is 8.25. The molecule has 0 aliphatic rings. The molecular formula is C19H15Cl2IN2OS. The molecule has 7 heteroatoms. The number of carbonyl (C=O) groups is 1. The molecule has 134 valence electrons. The van der Waals surface area contributed by atoms with E-state index in [4.69, 9.17) is 23.2 Å². The van der Waals surface area contributed by atoms with Crippen LogP contribution < -0.4 is 4.80 Å². The van der Waals surface area contributed by atoms with Gasteiger partial charge in [-0.25, -0.2) is 0 Å². The van der Waals surface area contributed by atoms with Crippen molar-refractivity contribution in [2.75, 3.05) is 0 Å². The van der Waals surface area contributed by atoms with Crippen molar-refractivity contribution >= 4 is 63.0 Å². The van der Waals surface area contributed by atoms with Crippen LogP contribution in [0, 0.1) is 10.5 Å². The Bertz CT molecular complexity index is 1060. The van der Waals surface area contributed by atoms with Crippen molar-refractivity contribution in [1.29, 1.82) is 0 Å². The number of thiazole rings is 1. The highest BCUT2D eigenvalue weighted by molar-refractivity contribution is 14.1. The zero-order chi connectivity index (χ0) is 18.8. The molecular weight excluding hydrogens is 502 g/mol. The van der Waals surface area contributed by atoms with Crippen LogP contribution in [0.2, 0.25) is 10.0 Å². The summed E-state index contributed by atoms with van der Waals surface area (Å²) in [7, 11) is 0. The molecule has 0 unspecified atom stereocenters. The molecule has 0 atom stereocenters. The number of rotatable bonds is 3. The van der Waals surface area contributed by atoms with Gasteiger partial charge >= 0.3 is 0 Å². The van der Waals surface area contributed by atoms with Crippen LogP contribution in [0.25, 0.3) is 11.3 Å². The first-order valence-electron chi connectivity index (χ1n) is 7.91. The average Bonchev–Trinajstić information content (AvgIpc) is 2.92. The monoisotopic (exact) mass is 516 g/mol. The van der Waals surface area contributed by atoms with Gasteiger partial charge in [-0.05, 0) is 60.7 Å². The number of benzene rings is 2. The van der Waals surface area contributed by atoms with Gasteiger partial charge in [0.1, 0.15) is 0 Å². The van der Waals surface area contributed by atoms with E-state index in [1.165, 1.54) is 11.3 Å². The number of hydrogen-bond acceptors (Lipinski definition) is 2. The number of hydrogen-bond donors (Lipinski definition) is 0. The van der Waals surface area contributed by atoms with Crippen molar-refractivity contribution in [3.8, 4) is 11.3 Å². The summed E-state index contributed by atoms with van der Waals surface area (Å²) in [5.41, 5.74) is 2.57. The van der Waals surface area contributed by atoms with Gasteiger partial charge < -0.3 is 4.57 Å². The van der Waals surface area contributed by atoms with Gasteiger partial charge in [-0.1, -0.05) is 41.4 Å². The number of nitrogens with zero attached hydrogens (tertiary/aromatic N) is 2. The molecule has 0 saturated heterocycles. The Morgan fingerprint density at radius 1 is 1.19 bits per heavy atom. The van der Waals surface area contributed by atoms with Crippen LogP contribution in [-0.4, -0.2) is 10.5 Å².